The first-order valence-corrected chi connectivity index (χ1v) is 9.55. The molecule has 1 aliphatic rings. The minimum absolute atomic E-state index is 0.0229. The van der Waals surface area contributed by atoms with Gasteiger partial charge in [0, 0.05) is 31.9 Å². The molecule has 1 fully saturated rings. The van der Waals surface area contributed by atoms with E-state index in [4.69, 9.17) is 4.74 Å². The van der Waals surface area contributed by atoms with Gasteiger partial charge in [-0.1, -0.05) is 0 Å². The molecule has 4 rings (SSSR count). The Morgan fingerprint density at radius 2 is 1.59 bits per heavy atom. The summed E-state index contributed by atoms with van der Waals surface area (Å²) in [7, 11) is 1.65. The smallest absolute Gasteiger partial charge is 0.257 e. The maximum absolute atomic E-state index is 13.2. The summed E-state index contributed by atoms with van der Waals surface area (Å²) in [5, 5.41) is 4.33. The highest BCUT2D eigenvalue weighted by atomic mass is 19.1. The summed E-state index contributed by atoms with van der Waals surface area (Å²) in [5.41, 5.74) is 3.18. The molecule has 0 radical (unpaired) electrons. The molecule has 29 heavy (non-hydrogen) atoms. The van der Waals surface area contributed by atoms with Crippen molar-refractivity contribution in [1.82, 2.24) is 14.7 Å². The van der Waals surface area contributed by atoms with Gasteiger partial charge in [0.2, 0.25) is 0 Å². The normalized spacial score (nSPS) is 14.2. The molecule has 2 aromatic carbocycles. The number of carbonyl (C=O) groups is 1. The van der Waals surface area contributed by atoms with Crippen molar-refractivity contribution in [3.05, 3.63) is 71.8 Å². The average molecular weight is 394 g/mol. The minimum atomic E-state index is -0.301. The monoisotopic (exact) mass is 394 g/mol. The average Bonchev–Trinajstić information content (AvgIpc) is 3.15. The zero-order chi connectivity index (χ0) is 20.4. The Balaban J connectivity index is 1.44. The minimum Gasteiger partial charge on any atom is -0.497 e. The van der Waals surface area contributed by atoms with Crippen molar-refractivity contribution in [2.24, 2.45) is 0 Å². The predicted molar refractivity (Wildman–Crippen MR) is 109 cm³/mol. The van der Waals surface area contributed by atoms with Crippen LogP contribution in [0.25, 0.3) is 5.69 Å². The number of halogens is 1. The lowest BCUT2D eigenvalue weighted by molar-refractivity contribution is 0.0746. The van der Waals surface area contributed by atoms with Gasteiger partial charge in [0.1, 0.15) is 11.6 Å². The first-order valence-electron chi connectivity index (χ1n) is 9.55. The van der Waals surface area contributed by atoms with Crippen LogP contribution in [-0.4, -0.2) is 53.9 Å². The van der Waals surface area contributed by atoms with Crippen molar-refractivity contribution >= 4 is 11.6 Å². The summed E-state index contributed by atoms with van der Waals surface area (Å²) in [4.78, 5) is 17.1. The van der Waals surface area contributed by atoms with Gasteiger partial charge in [-0.3, -0.25) is 4.79 Å². The summed E-state index contributed by atoms with van der Waals surface area (Å²) in [5.74, 6) is 0.506. The number of anilines is 1. The summed E-state index contributed by atoms with van der Waals surface area (Å²) in [6.45, 7) is 4.68. The van der Waals surface area contributed by atoms with E-state index in [0.29, 0.717) is 18.7 Å². The molecule has 150 valence electrons. The quantitative estimate of drug-likeness (QED) is 0.681. The highest BCUT2D eigenvalue weighted by Gasteiger charge is 2.25. The van der Waals surface area contributed by atoms with Crippen molar-refractivity contribution in [3.8, 4) is 11.4 Å². The number of amides is 1. The Hall–Kier alpha value is -3.35. The van der Waals surface area contributed by atoms with E-state index < -0.39 is 0 Å². The Morgan fingerprint density at radius 3 is 2.21 bits per heavy atom. The van der Waals surface area contributed by atoms with Crippen LogP contribution < -0.4 is 9.64 Å². The van der Waals surface area contributed by atoms with Gasteiger partial charge in [0.25, 0.3) is 5.91 Å². The fourth-order valence-corrected chi connectivity index (χ4v) is 3.59. The molecule has 6 nitrogen and oxygen atoms in total. The molecule has 1 aliphatic heterocycles. The van der Waals surface area contributed by atoms with Crippen LogP contribution in [0.3, 0.4) is 0 Å². The molecule has 3 aromatic rings. The van der Waals surface area contributed by atoms with Crippen molar-refractivity contribution in [3.63, 3.8) is 0 Å². The zero-order valence-electron chi connectivity index (χ0n) is 16.5. The van der Waals surface area contributed by atoms with Crippen molar-refractivity contribution in [2.75, 3.05) is 38.2 Å². The predicted octanol–water partition coefficient (Wildman–Crippen LogP) is 3.29. The maximum atomic E-state index is 13.2. The van der Waals surface area contributed by atoms with E-state index in [1.165, 1.54) is 12.1 Å². The second-order valence-corrected chi connectivity index (χ2v) is 7.01. The third-order valence-electron chi connectivity index (χ3n) is 5.32. The van der Waals surface area contributed by atoms with Gasteiger partial charge in [-0.05, 0) is 55.5 Å². The first-order chi connectivity index (χ1) is 14.1. The van der Waals surface area contributed by atoms with Crippen LogP contribution in [-0.2, 0) is 0 Å². The number of ether oxygens (including phenoxy) is 1. The van der Waals surface area contributed by atoms with E-state index in [1.807, 2.05) is 36.1 Å². The van der Waals surface area contributed by atoms with Crippen LogP contribution in [0, 0.1) is 12.7 Å². The highest BCUT2D eigenvalue weighted by molar-refractivity contribution is 5.95. The standard InChI is InChI=1S/C22H23FN4O2/c1-16-21(15-24-27(16)19-5-3-17(23)4-6-19)22(28)26-13-11-25(12-14-26)18-7-9-20(29-2)10-8-18/h3-10,15H,11-14H2,1-2H3. The van der Waals surface area contributed by atoms with Crippen molar-refractivity contribution in [2.45, 2.75) is 6.92 Å². The number of hydrogen-bond donors (Lipinski definition) is 0. The van der Waals surface area contributed by atoms with Gasteiger partial charge in [-0.15, -0.1) is 0 Å². The fraction of sp³-hybridized carbons (Fsp3) is 0.273. The summed E-state index contributed by atoms with van der Waals surface area (Å²) in [6, 6.07) is 14.0. The zero-order valence-corrected chi connectivity index (χ0v) is 16.5. The van der Waals surface area contributed by atoms with Crippen LogP contribution in [0.4, 0.5) is 10.1 Å². The van der Waals surface area contributed by atoms with Gasteiger partial charge in [-0.2, -0.15) is 5.10 Å². The molecule has 0 saturated carbocycles. The van der Waals surface area contributed by atoms with E-state index >= 15 is 0 Å². The maximum Gasteiger partial charge on any atom is 0.257 e. The van der Waals surface area contributed by atoms with Crippen LogP contribution in [0.5, 0.6) is 5.75 Å². The Kier molecular flexibility index (Phi) is 5.20. The van der Waals surface area contributed by atoms with Crippen molar-refractivity contribution in [1.29, 1.82) is 0 Å². The molecule has 0 spiro atoms. The summed E-state index contributed by atoms with van der Waals surface area (Å²) >= 11 is 0. The molecule has 2 heterocycles. The van der Waals surface area contributed by atoms with E-state index in [1.54, 1.807) is 30.1 Å². The lowest BCUT2D eigenvalue weighted by atomic mass is 10.2. The molecular formula is C22H23FN4O2. The summed E-state index contributed by atoms with van der Waals surface area (Å²) < 4.78 is 20.0. The number of methoxy groups -OCH3 is 1. The number of nitrogens with zero attached hydrogens (tertiary/aromatic N) is 4. The Labute approximate surface area is 169 Å². The number of piperazine rings is 1. The van der Waals surface area contributed by atoms with Gasteiger partial charge >= 0.3 is 0 Å². The third-order valence-corrected chi connectivity index (χ3v) is 5.32. The summed E-state index contributed by atoms with van der Waals surface area (Å²) in [6.07, 6.45) is 1.59. The van der Waals surface area contributed by atoms with Gasteiger partial charge in [0.05, 0.1) is 30.3 Å². The molecule has 1 saturated heterocycles. The highest BCUT2D eigenvalue weighted by Crippen LogP contribution is 2.22. The van der Waals surface area contributed by atoms with E-state index in [9.17, 15) is 9.18 Å². The largest absolute Gasteiger partial charge is 0.497 e. The third kappa shape index (κ3) is 3.81. The molecular weight excluding hydrogens is 371 g/mol. The SMILES string of the molecule is COc1ccc(N2CCN(C(=O)c3cnn(-c4ccc(F)cc4)c3C)CC2)cc1. The molecule has 0 atom stereocenters. The molecule has 0 bridgehead atoms. The van der Waals surface area contributed by atoms with Gasteiger partial charge in [-0.25, -0.2) is 9.07 Å². The number of rotatable bonds is 4. The number of carbonyl (C=O) groups excluding carboxylic acids is 1. The second kappa shape index (κ2) is 7.95. The lowest BCUT2D eigenvalue weighted by Gasteiger charge is -2.36. The van der Waals surface area contributed by atoms with E-state index in [-0.39, 0.29) is 11.7 Å². The van der Waals surface area contributed by atoms with Gasteiger partial charge in [0.15, 0.2) is 0 Å². The Morgan fingerprint density at radius 1 is 0.966 bits per heavy atom. The number of aromatic nitrogens is 2. The van der Waals surface area contributed by atoms with Crippen LogP contribution >= 0.6 is 0 Å². The van der Waals surface area contributed by atoms with E-state index in [0.717, 1.165) is 35.9 Å². The second-order valence-electron chi connectivity index (χ2n) is 7.01. The fourth-order valence-electron chi connectivity index (χ4n) is 3.59. The first kappa shape index (κ1) is 19.0. The topological polar surface area (TPSA) is 50.6 Å². The molecule has 1 amide bonds. The number of hydrogen-bond acceptors (Lipinski definition) is 4. The number of benzene rings is 2. The van der Waals surface area contributed by atoms with Crippen molar-refractivity contribution < 1.29 is 13.9 Å². The van der Waals surface area contributed by atoms with E-state index in [2.05, 4.69) is 10.00 Å². The van der Waals surface area contributed by atoms with Crippen LogP contribution in [0.1, 0.15) is 16.1 Å². The van der Waals surface area contributed by atoms with Gasteiger partial charge < -0.3 is 14.5 Å². The Bertz CT molecular complexity index is 991. The lowest BCUT2D eigenvalue weighted by Crippen LogP contribution is -2.48. The van der Waals surface area contributed by atoms with Crippen LogP contribution in [0.15, 0.2) is 54.7 Å². The molecule has 0 aliphatic carbocycles. The molecule has 1 aromatic heterocycles. The molecule has 7 heteroatoms. The van der Waals surface area contributed by atoms with Crippen LogP contribution in [0.2, 0.25) is 0 Å². The molecule has 0 N–H and O–H groups in total. The molecule has 0 unspecified atom stereocenters.